The summed E-state index contributed by atoms with van der Waals surface area (Å²) < 4.78 is 39.6. The smallest absolute Gasteiger partial charge is 0.142 e. The van der Waals surface area contributed by atoms with E-state index in [0.29, 0.717) is 17.5 Å². The van der Waals surface area contributed by atoms with Gasteiger partial charge in [-0.15, -0.1) is 0 Å². The maximum absolute atomic E-state index is 13.5. The number of nitrogens with two attached hydrogens (primary N) is 1. The molecule has 0 aliphatic heterocycles. The van der Waals surface area contributed by atoms with Crippen molar-refractivity contribution in [2.24, 2.45) is 5.73 Å². The summed E-state index contributed by atoms with van der Waals surface area (Å²) in [5, 5.41) is 0.0481. The monoisotopic (exact) mass is 299 g/mol. The van der Waals surface area contributed by atoms with Crippen LogP contribution in [-0.4, -0.2) is 6.04 Å². The van der Waals surface area contributed by atoms with Gasteiger partial charge in [-0.2, -0.15) is 0 Å². The van der Waals surface area contributed by atoms with Crippen LogP contribution in [0.25, 0.3) is 0 Å². The third-order valence-electron chi connectivity index (χ3n) is 2.98. The van der Waals surface area contributed by atoms with Crippen LogP contribution >= 0.6 is 11.6 Å². The van der Waals surface area contributed by atoms with Crippen LogP contribution in [-0.2, 0) is 12.8 Å². The first-order valence-electron chi connectivity index (χ1n) is 6.09. The second kappa shape index (κ2) is 6.29. The summed E-state index contributed by atoms with van der Waals surface area (Å²) >= 11 is 5.59. The second-order valence-electron chi connectivity index (χ2n) is 4.65. The van der Waals surface area contributed by atoms with Crippen molar-refractivity contribution in [1.29, 1.82) is 0 Å². The molecule has 1 nitrogen and oxygen atoms in total. The maximum Gasteiger partial charge on any atom is 0.142 e. The van der Waals surface area contributed by atoms with Gasteiger partial charge in [0.2, 0.25) is 0 Å². The van der Waals surface area contributed by atoms with Crippen LogP contribution < -0.4 is 5.73 Å². The van der Waals surface area contributed by atoms with E-state index in [1.54, 1.807) is 6.07 Å². The molecule has 0 aromatic heterocycles. The summed E-state index contributed by atoms with van der Waals surface area (Å²) in [5.74, 6) is -1.76. The molecule has 0 fully saturated rings. The van der Waals surface area contributed by atoms with E-state index in [0.717, 1.165) is 6.07 Å². The molecule has 20 heavy (non-hydrogen) atoms. The molecule has 1 atom stereocenters. The van der Waals surface area contributed by atoms with E-state index >= 15 is 0 Å². The zero-order chi connectivity index (χ0) is 14.7. The van der Waals surface area contributed by atoms with Gasteiger partial charge in [-0.25, -0.2) is 13.2 Å². The molecule has 2 rings (SSSR count). The standard InChI is InChI=1S/C15H13ClF3N/c16-13-4-1-9(6-15(13)19)5-12(20)7-10-2-3-11(17)8-14(10)18/h1-4,6,8,12H,5,7,20H2. The molecular weight excluding hydrogens is 287 g/mol. The molecule has 0 aliphatic rings. The van der Waals surface area contributed by atoms with Crippen molar-refractivity contribution < 1.29 is 13.2 Å². The summed E-state index contributed by atoms with van der Waals surface area (Å²) in [5.41, 5.74) is 6.94. The van der Waals surface area contributed by atoms with Crippen molar-refractivity contribution >= 4 is 11.6 Å². The lowest BCUT2D eigenvalue weighted by Gasteiger charge is -2.13. The highest BCUT2D eigenvalue weighted by Crippen LogP contribution is 2.18. The van der Waals surface area contributed by atoms with E-state index in [2.05, 4.69) is 0 Å². The van der Waals surface area contributed by atoms with Crippen LogP contribution in [0.1, 0.15) is 11.1 Å². The van der Waals surface area contributed by atoms with Crippen molar-refractivity contribution in [3.63, 3.8) is 0 Å². The molecule has 0 radical (unpaired) electrons. The molecule has 0 heterocycles. The van der Waals surface area contributed by atoms with Gasteiger partial charge >= 0.3 is 0 Å². The Balaban J connectivity index is 2.04. The molecule has 2 aromatic carbocycles. The van der Waals surface area contributed by atoms with Crippen LogP contribution in [0.15, 0.2) is 36.4 Å². The lowest BCUT2D eigenvalue weighted by atomic mass is 9.99. The zero-order valence-corrected chi connectivity index (χ0v) is 11.3. The van der Waals surface area contributed by atoms with Crippen LogP contribution in [0, 0.1) is 17.5 Å². The minimum atomic E-state index is -0.625. The zero-order valence-electron chi connectivity index (χ0n) is 10.5. The quantitative estimate of drug-likeness (QED) is 0.911. The maximum atomic E-state index is 13.5. The van der Waals surface area contributed by atoms with Gasteiger partial charge in [0, 0.05) is 12.1 Å². The summed E-state index contributed by atoms with van der Waals surface area (Å²) in [4.78, 5) is 0. The third kappa shape index (κ3) is 3.74. The molecule has 0 spiro atoms. The predicted molar refractivity (Wildman–Crippen MR) is 73.2 cm³/mol. The van der Waals surface area contributed by atoms with Crippen molar-refractivity contribution in [3.8, 4) is 0 Å². The Hall–Kier alpha value is -1.52. The van der Waals surface area contributed by atoms with Crippen LogP contribution in [0.4, 0.5) is 13.2 Å². The average molecular weight is 300 g/mol. The number of benzene rings is 2. The highest BCUT2D eigenvalue weighted by Gasteiger charge is 2.11. The van der Waals surface area contributed by atoms with E-state index < -0.39 is 23.5 Å². The largest absolute Gasteiger partial charge is 0.327 e. The fourth-order valence-electron chi connectivity index (χ4n) is 2.01. The minimum absolute atomic E-state index is 0.0481. The van der Waals surface area contributed by atoms with Gasteiger partial charge in [0.25, 0.3) is 0 Å². The Labute approximate surface area is 120 Å². The number of halogens is 4. The van der Waals surface area contributed by atoms with Gasteiger partial charge in [-0.1, -0.05) is 23.7 Å². The Morgan fingerprint density at radius 2 is 1.70 bits per heavy atom. The highest BCUT2D eigenvalue weighted by atomic mass is 35.5. The molecule has 106 valence electrons. The van der Waals surface area contributed by atoms with Gasteiger partial charge in [-0.05, 0) is 42.2 Å². The first kappa shape index (κ1) is 14.9. The summed E-state index contributed by atoms with van der Waals surface area (Å²) in [7, 11) is 0. The van der Waals surface area contributed by atoms with E-state index in [-0.39, 0.29) is 11.4 Å². The van der Waals surface area contributed by atoms with Gasteiger partial charge in [0.1, 0.15) is 17.5 Å². The van der Waals surface area contributed by atoms with Gasteiger partial charge in [0.05, 0.1) is 5.02 Å². The molecular formula is C15H13ClF3N. The van der Waals surface area contributed by atoms with Gasteiger partial charge in [0.15, 0.2) is 0 Å². The molecule has 2 N–H and O–H groups in total. The highest BCUT2D eigenvalue weighted by molar-refractivity contribution is 6.30. The third-order valence-corrected chi connectivity index (χ3v) is 3.29. The first-order valence-corrected chi connectivity index (χ1v) is 6.47. The van der Waals surface area contributed by atoms with Crippen molar-refractivity contribution in [1.82, 2.24) is 0 Å². The van der Waals surface area contributed by atoms with E-state index in [1.807, 2.05) is 0 Å². The predicted octanol–water partition coefficient (Wildman–Crippen LogP) is 3.87. The molecule has 0 amide bonds. The van der Waals surface area contributed by atoms with Crippen LogP contribution in [0.2, 0.25) is 5.02 Å². The van der Waals surface area contributed by atoms with Crippen molar-refractivity contribution in [3.05, 3.63) is 70.0 Å². The summed E-state index contributed by atoms with van der Waals surface area (Å²) in [6.45, 7) is 0. The second-order valence-corrected chi connectivity index (χ2v) is 5.06. The Bertz CT molecular complexity index is 616. The summed E-state index contributed by atoms with van der Waals surface area (Å²) in [6.07, 6.45) is 0.626. The molecule has 0 saturated carbocycles. The number of hydrogen-bond acceptors (Lipinski definition) is 1. The molecule has 0 bridgehead atoms. The topological polar surface area (TPSA) is 26.0 Å². The fourth-order valence-corrected chi connectivity index (χ4v) is 2.13. The van der Waals surface area contributed by atoms with Gasteiger partial charge in [-0.3, -0.25) is 0 Å². The Morgan fingerprint density at radius 3 is 2.35 bits per heavy atom. The Kier molecular flexibility index (Phi) is 4.68. The first-order chi connectivity index (χ1) is 9.45. The summed E-state index contributed by atoms with van der Waals surface area (Å²) in [6, 6.07) is 7.42. The number of rotatable bonds is 4. The minimum Gasteiger partial charge on any atom is -0.327 e. The number of hydrogen-bond donors (Lipinski definition) is 1. The van der Waals surface area contributed by atoms with E-state index in [4.69, 9.17) is 17.3 Å². The molecule has 5 heteroatoms. The lowest BCUT2D eigenvalue weighted by Crippen LogP contribution is -2.26. The molecule has 1 unspecified atom stereocenters. The lowest BCUT2D eigenvalue weighted by molar-refractivity contribution is 0.557. The normalized spacial score (nSPS) is 12.4. The SMILES string of the molecule is NC(Cc1ccc(Cl)c(F)c1)Cc1ccc(F)cc1F. The van der Waals surface area contributed by atoms with Crippen LogP contribution in [0.5, 0.6) is 0 Å². The molecule has 2 aromatic rings. The van der Waals surface area contributed by atoms with E-state index in [1.165, 1.54) is 24.3 Å². The average Bonchev–Trinajstić information content (AvgIpc) is 2.37. The van der Waals surface area contributed by atoms with Gasteiger partial charge < -0.3 is 5.73 Å². The molecule has 0 saturated heterocycles. The fraction of sp³-hybridized carbons (Fsp3) is 0.200. The van der Waals surface area contributed by atoms with E-state index in [9.17, 15) is 13.2 Å². The molecule has 0 aliphatic carbocycles. The van der Waals surface area contributed by atoms with Crippen molar-refractivity contribution in [2.75, 3.05) is 0 Å². The van der Waals surface area contributed by atoms with Crippen molar-refractivity contribution in [2.45, 2.75) is 18.9 Å². The Morgan fingerprint density at radius 1 is 0.950 bits per heavy atom. The van der Waals surface area contributed by atoms with Crippen LogP contribution in [0.3, 0.4) is 0 Å².